The quantitative estimate of drug-likeness (QED) is 0.540. The molecule has 0 fully saturated rings. The zero-order valence-corrected chi connectivity index (χ0v) is 14.7. The van der Waals surface area contributed by atoms with Crippen LogP contribution in [0.15, 0.2) is 42.5 Å². The minimum atomic E-state index is -1.01. The van der Waals surface area contributed by atoms with Crippen LogP contribution >= 0.6 is 0 Å². The van der Waals surface area contributed by atoms with E-state index in [1.54, 1.807) is 13.0 Å². The molecule has 6 heteroatoms. The number of phenolic OH excluding ortho intramolecular Hbond substituents is 1. The lowest BCUT2D eigenvalue weighted by Crippen LogP contribution is -2.25. The first kappa shape index (κ1) is 17.5. The van der Waals surface area contributed by atoms with E-state index in [-0.39, 0.29) is 22.8 Å². The average Bonchev–Trinajstić information content (AvgIpc) is 2.96. The van der Waals surface area contributed by atoms with Gasteiger partial charge in [-0.1, -0.05) is 24.3 Å². The van der Waals surface area contributed by atoms with Crippen molar-refractivity contribution in [1.29, 1.82) is 0 Å². The fourth-order valence-electron chi connectivity index (χ4n) is 2.93. The van der Waals surface area contributed by atoms with Crippen LogP contribution < -0.4 is 4.74 Å². The maximum absolute atomic E-state index is 12.8. The van der Waals surface area contributed by atoms with Crippen molar-refractivity contribution in [3.63, 3.8) is 0 Å². The number of hydrogen-bond donors (Lipinski definition) is 2. The fourth-order valence-corrected chi connectivity index (χ4v) is 2.93. The van der Waals surface area contributed by atoms with Crippen LogP contribution in [0.4, 0.5) is 0 Å². The van der Waals surface area contributed by atoms with Crippen LogP contribution in [0.5, 0.6) is 11.5 Å². The zero-order valence-electron chi connectivity index (χ0n) is 14.7. The molecule has 2 aromatic carbocycles. The van der Waals surface area contributed by atoms with E-state index in [1.807, 2.05) is 24.3 Å². The normalized spacial score (nSPS) is 12.0. The number of para-hydroxylation sites is 2. The van der Waals surface area contributed by atoms with E-state index >= 15 is 0 Å². The summed E-state index contributed by atoms with van der Waals surface area (Å²) in [4.78, 5) is 28.4. The van der Waals surface area contributed by atoms with Gasteiger partial charge in [-0.2, -0.15) is 0 Å². The number of rotatable bonds is 5. The van der Waals surface area contributed by atoms with E-state index in [4.69, 9.17) is 9.47 Å². The Balaban J connectivity index is 1.85. The molecule has 1 atom stereocenters. The number of aryl methyl sites for hydroxylation is 1. The van der Waals surface area contributed by atoms with Crippen molar-refractivity contribution >= 4 is 22.7 Å². The van der Waals surface area contributed by atoms with Crippen molar-refractivity contribution in [2.75, 3.05) is 7.11 Å². The first-order valence-electron chi connectivity index (χ1n) is 8.12. The summed E-state index contributed by atoms with van der Waals surface area (Å²) in [5.41, 5.74) is 2.00. The molecule has 3 rings (SSSR count). The number of hydrogen-bond acceptors (Lipinski definition) is 5. The topological polar surface area (TPSA) is 88.6 Å². The number of Topliss-reactive ketones (excluding diaryl/α,β-unsaturated/α-hetero) is 1. The lowest BCUT2D eigenvalue weighted by molar-refractivity contribution is 0.0316. The predicted octanol–water partition coefficient (Wildman–Crippen LogP) is 3.62. The van der Waals surface area contributed by atoms with Gasteiger partial charge in [-0.3, -0.25) is 4.79 Å². The Labute approximate surface area is 150 Å². The summed E-state index contributed by atoms with van der Waals surface area (Å²) >= 11 is 0. The molecule has 0 amide bonds. The Morgan fingerprint density at radius 2 is 1.85 bits per heavy atom. The number of nitrogens with one attached hydrogen (secondary N) is 1. The van der Waals surface area contributed by atoms with E-state index in [0.717, 1.165) is 10.9 Å². The Morgan fingerprint density at radius 3 is 2.58 bits per heavy atom. The van der Waals surface area contributed by atoms with Gasteiger partial charge in [0.15, 0.2) is 17.6 Å². The summed E-state index contributed by atoms with van der Waals surface area (Å²) in [7, 11) is 1.39. The van der Waals surface area contributed by atoms with Crippen LogP contribution in [0.3, 0.4) is 0 Å². The molecule has 26 heavy (non-hydrogen) atoms. The largest absolute Gasteiger partial charge is 0.504 e. The molecule has 2 N–H and O–H groups in total. The van der Waals surface area contributed by atoms with Gasteiger partial charge in [-0.15, -0.1) is 0 Å². The highest BCUT2D eigenvalue weighted by Crippen LogP contribution is 2.30. The van der Waals surface area contributed by atoms with Gasteiger partial charge in [-0.25, -0.2) is 4.79 Å². The highest BCUT2D eigenvalue weighted by atomic mass is 16.5. The molecule has 0 radical (unpaired) electrons. The molecule has 0 saturated heterocycles. The Hall–Kier alpha value is -3.28. The molecule has 0 bridgehead atoms. The van der Waals surface area contributed by atoms with Crippen LogP contribution in [0, 0.1) is 6.92 Å². The van der Waals surface area contributed by atoms with Gasteiger partial charge >= 0.3 is 5.97 Å². The molecular weight excluding hydrogens is 334 g/mol. The number of fused-ring (bicyclic) bond motifs is 1. The number of benzene rings is 2. The molecule has 0 unspecified atom stereocenters. The molecule has 1 heterocycles. The van der Waals surface area contributed by atoms with E-state index in [0.29, 0.717) is 11.3 Å². The maximum Gasteiger partial charge on any atom is 0.342 e. The number of ether oxygens (including phenoxy) is 2. The number of aromatic nitrogens is 1. The second kappa shape index (κ2) is 6.92. The van der Waals surface area contributed by atoms with Gasteiger partial charge in [0.25, 0.3) is 0 Å². The second-order valence-corrected chi connectivity index (χ2v) is 5.94. The Morgan fingerprint density at radius 1 is 1.12 bits per heavy atom. The van der Waals surface area contributed by atoms with Gasteiger partial charge in [0.1, 0.15) is 5.56 Å². The van der Waals surface area contributed by atoms with Crippen molar-refractivity contribution < 1.29 is 24.2 Å². The third kappa shape index (κ3) is 3.01. The number of H-pyrrole nitrogens is 1. The van der Waals surface area contributed by atoms with Crippen molar-refractivity contribution in [1.82, 2.24) is 4.98 Å². The lowest BCUT2D eigenvalue weighted by Gasteiger charge is -2.14. The second-order valence-electron chi connectivity index (χ2n) is 5.94. The lowest BCUT2D eigenvalue weighted by atomic mass is 10.0. The minimum Gasteiger partial charge on any atom is -0.504 e. The van der Waals surface area contributed by atoms with Gasteiger partial charge in [0, 0.05) is 22.2 Å². The number of aromatic amines is 1. The van der Waals surface area contributed by atoms with Crippen LogP contribution in [0.25, 0.3) is 10.9 Å². The zero-order chi connectivity index (χ0) is 18.8. The average molecular weight is 353 g/mol. The number of methoxy groups -OCH3 is 1. The van der Waals surface area contributed by atoms with Gasteiger partial charge < -0.3 is 19.6 Å². The molecule has 6 nitrogen and oxygen atoms in total. The summed E-state index contributed by atoms with van der Waals surface area (Å²) in [5, 5.41) is 10.8. The summed E-state index contributed by atoms with van der Waals surface area (Å²) in [5.74, 6) is -1.26. The van der Waals surface area contributed by atoms with Crippen LogP contribution in [-0.2, 0) is 4.74 Å². The minimum absolute atomic E-state index is 0.0559. The summed E-state index contributed by atoms with van der Waals surface area (Å²) in [6.45, 7) is 3.31. The van der Waals surface area contributed by atoms with E-state index in [1.165, 1.54) is 26.2 Å². The van der Waals surface area contributed by atoms with Crippen molar-refractivity contribution in [3.8, 4) is 11.5 Å². The molecule has 3 aromatic rings. The predicted molar refractivity (Wildman–Crippen MR) is 96.9 cm³/mol. The third-order valence-electron chi connectivity index (χ3n) is 4.23. The first-order chi connectivity index (χ1) is 12.4. The van der Waals surface area contributed by atoms with Crippen LogP contribution in [-0.4, -0.2) is 35.1 Å². The van der Waals surface area contributed by atoms with Gasteiger partial charge in [0.2, 0.25) is 5.78 Å². The number of carbonyl (C=O) groups is 2. The molecular formula is C20H19NO5. The van der Waals surface area contributed by atoms with Crippen LogP contribution in [0.1, 0.15) is 33.3 Å². The van der Waals surface area contributed by atoms with E-state index < -0.39 is 12.1 Å². The van der Waals surface area contributed by atoms with Crippen molar-refractivity contribution in [2.24, 2.45) is 0 Å². The standard InChI is InChI=1S/C20H19NO5/c1-11-17(13-7-4-5-9-15(13)21-11)18(22)12(2)26-20(24)14-8-6-10-16(25-3)19(14)23/h4-10,12,21,23H,1-3H3/t12-/m1/s1. The molecule has 0 aliphatic rings. The number of esters is 1. The molecule has 0 aliphatic carbocycles. The molecule has 0 aliphatic heterocycles. The van der Waals surface area contributed by atoms with E-state index in [2.05, 4.69) is 4.98 Å². The number of phenols is 1. The molecule has 0 saturated carbocycles. The Kier molecular flexibility index (Phi) is 4.67. The maximum atomic E-state index is 12.8. The monoisotopic (exact) mass is 353 g/mol. The highest BCUT2D eigenvalue weighted by Gasteiger charge is 2.26. The highest BCUT2D eigenvalue weighted by molar-refractivity contribution is 6.11. The third-order valence-corrected chi connectivity index (χ3v) is 4.23. The van der Waals surface area contributed by atoms with E-state index in [9.17, 15) is 14.7 Å². The molecule has 1 aromatic heterocycles. The van der Waals surface area contributed by atoms with Gasteiger partial charge in [0.05, 0.1) is 7.11 Å². The number of ketones is 1. The number of carbonyl (C=O) groups excluding carboxylic acids is 2. The summed E-state index contributed by atoms with van der Waals surface area (Å²) < 4.78 is 10.3. The fraction of sp³-hybridized carbons (Fsp3) is 0.200. The van der Waals surface area contributed by atoms with Crippen molar-refractivity contribution in [2.45, 2.75) is 20.0 Å². The summed E-state index contributed by atoms with van der Waals surface area (Å²) in [6.07, 6.45) is -1.01. The van der Waals surface area contributed by atoms with Crippen molar-refractivity contribution in [3.05, 3.63) is 59.3 Å². The Bertz CT molecular complexity index is 989. The first-order valence-corrected chi connectivity index (χ1v) is 8.12. The molecule has 134 valence electrons. The van der Waals surface area contributed by atoms with Crippen LogP contribution in [0.2, 0.25) is 0 Å². The molecule has 0 spiro atoms. The SMILES string of the molecule is COc1cccc(C(=O)O[C@H](C)C(=O)c2c(C)[nH]c3ccccc23)c1O. The smallest absolute Gasteiger partial charge is 0.342 e. The summed E-state index contributed by atoms with van der Waals surface area (Å²) in [6, 6.07) is 11.9. The van der Waals surface area contributed by atoms with Gasteiger partial charge in [-0.05, 0) is 32.0 Å². The number of aromatic hydroxyl groups is 1.